The molecule has 0 saturated heterocycles. The molecule has 0 aromatic heterocycles. The average Bonchev–Trinajstić information content (AvgIpc) is 1.00. The minimum Gasteiger partial charge on any atom is -1.00 e. The molecule has 0 unspecified atom stereocenters. The number of hydrogen-bond acceptors (Lipinski definition) is 1. The first-order valence-electron chi connectivity index (χ1n) is 0.577. The topological polar surface area (TPSA) is 26.0 Å². The van der Waals surface area contributed by atoms with E-state index in [-0.39, 0.29) is 76.9 Å². The Morgan fingerprint density at radius 2 is 0.714 bits per heavy atom. The Balaban J connectivity index is -0.000000000500. The van der Waals surface area contributed by atoms with Gasteiger partial charge in [-0.2, -0.15) is 0 Å². The summed E-state index contributed by atoms with van der Waals surface area (Å²) in [6.07, 6.45) is 0. The zero-order chi connectivity index (χ0) is 2.00. The Bertz CT molecular complexity index is 11.7. The van der Waals surface area contributed by atoms with Gasteiger partial charge in [-0.3, -0.25) is 0 Å². The molecule has 0 heterocycles. The smallest absolute Gasteiger partial charge is 0 e. The van der Waals surface area contributed by atoms with Crippen molar-refractivity contribution in [2.24, 2.45) is 5.73 Å². The maximum Gasteiger partial charge on any atom is 0 e. The molecule has 0 rings (SSSR count). The van der Waals surface area contributed by atoms with E-state index in [1.165, 1.54) is 7.05 Å². The summed E-state index contributed by atoms with van der Waals surface area (Å²) >= 11 is 0. The summed E-state index contributed by atoms with van der Waals surface area (Å²) in [6.45, 7) is 0. The van der Waals surface area contributed by atoms with Crippen LogP contribution in [0.4, 0.5) is 0 Å². The van der Waals surface area contributed by atoms with Crippen LogP contribution in [-0.4, -0.2) is 34.3 Å². The van der Waals surface area contributed by atoms with Gasteiger partial charge in [0.1, 0.15) is 0 Å². The number of halogens is 4. The second-order valence-corrected chi connectivity index (χ2v) is 0. The van der Waals surface area contributed by atoms with Crippen molar-refractivity contribution in [3.8, 4) is 0 Å². The molecule has 0 aliphatic heterocycles. The van der Waals surface area contributed by atoms with Crippen LogP contribution >= 0.6 is 0 Å². The normalized spacial score (nSPS) is 0.857. The third-order valence-corrected chi connectivity index (χ3v) is 0. The van der Waals surface area contributed by atoms with Gasteiger partial charge in [0.2, 0.25) is 0 Å². The molecule has 50 valence electrons. The Labute approximate surface area is 89.0 Å². The monoisotopic (exact) mass is 379 g/mol. The van der Waals surface area contributed by atoms with Crippen molar-refractivity contribution in [3.63, 3.8) is 0 Å². The molecule has 0 amide bonds. The molecule has 0 saturated carbocycles. The van der Waals surface area contributed by atoms with Gasteiger partial charge < -0.3 is 55.4 Å². The third kappa shape index (κ3) is 70.4. The Kier molecular flexibility index (Phi) is 863. The summed E-state index contributed by atoms with van der Waals surface area (Å²) in [7, 11) is 1.50. The molecular weight excluding hydrogens is 375 g/mol. The molecule has 4 radical (unpaired) electrons. The fraction of sp³-hybridized carbons (Fsp3) is 1.00. The van der Waals surface area contributed by atoms with Crippen LogP contribution in [0.3, 0.4) is 0 Å². The summed E-state index contributed by atoms with van der Waals surface area (Å²) in [6, 6.07) is 0. The molecule has 0 bridgehead atoms. The Morgan fingerprint density at radius 1 is 0.714 bits per heavy atom. The van der Waals surface area contributed by atoms with Crippen molar-refractivity contribution in [2.75, 3.05) is 7.05 Å². The quantitative estimate of drug-likeness (QED) is 0.416. The van der Waals surface area contributed by atoms with Crippen molar-refractivity contribution in [3.05, 3.63) is 0 Å². The van der Waals surface area contributed by atoms with Crippen LogP contribution in [0.25, 0.3) is 0 Å². The van der Waals surface area contributed by atoms with Crippen LogP contribution in [-0.2, 0) is 0 Å². The van der Waals surface area contributed by atoms with Gasteiger partial charge in [0.15, 0.2) is 0 Å². The van der Waals surface area contributed by atoms with E-state index >= 15 is 0 Å². The first-order chi connectivity index (χ1) is 1.00. The molecule has 0 atom stereocenters. The van der Waals surface area contributed by atoms with E-state index in [1.54, 1.807) is 0 Å². The van der Waals surface area contributed by atoms with Gasteiger partial charge in [-0.05, 0) is 7.05 Å². The minimum atomic E-state index is 0. The summed E-state index contributed by atoms with van der Waals surface area (Å²) in [5, 5.41) is 0. The molecule has 1 nitrogen and oxygen atoms in total. The van der Waals surface area contributed by atoms with E-state index in [0.29, 0.717) is 0 Å². The predicted molar refractivity (Wildman–Crippen MR) is 15.9 cm³/mol. The minimum absolute atomic E-state index is 0. The van der Waals surface area contributed by atoms with Gasteiger partial charge in [0.25, 0.3) is 0 Å². The first-order valence-corrected chi connectivity index (χ1v) is 0.577. The average molecular weight is 380 g/mol. The van der Waals surface area contributed by atoms with Crippen LogP contribution in [0, 0.1) is 0 Å². The summed E-state index contributed by atoms with van der Waals surface area (Å²) in [4.78, 5) is 0. The Hall–Kier alpha value is 2.04. The third-order valence-electron chi connectivity index (χ3n) is 0. The second kappa shape index (κ2) is 95.6. The zero-order valence-electron chi connectivity index (χ0n) is 3.59. The predicted octanol–water partition coefficient (Wildman–Crippen LogP) is -12.8. The van der Waals surface area contributed by atoms with E-state index in [0.717, 1.165) is 0 Å². The molecule has 6 heteroatoms. The fourth-order valence-corrected chi connectivity index (χ4v) is 0. The number of nitrogens with two attached hydrogens (primary N) is 1. The zero-order valence-corrected chi connectivity index (χ0v) is 10.5. The van der Waals surface area contributed by atoms with Crippen molar-refractivity contribution in [1.29, 1.82) is 0 Å². The van der Waals surface area contributed by atoms with E-state index in [9.17, 15) is 0 Å². The molecule has 0 aliphatic rings. The molecular formula is CH5Cl4NPb-4. The van der Waals surface area contributed by atoms with Crippen molar-refractivity contribution in [2.45, 2.75) is 0 Å². The molecule has 0 aromatic carbocycles. The standard InChI is InChI=1S/CH5N.4ClH.Pb/c1-2;;;;;/h2H2,1H3;4*1H;/p-4. The molecule has 2 N–H and O–H groups in total. The van der Waals surface area contributed by atoms with Gasteiger partial charge in [-0.25, -0.2) is 0 Å². The maximum absolute atomic E-state index is 4.50. The van der Waals surface area contributed by atoms with Crippen LogP contribution in [0.1, 0.15) is 0 Å². The van der Waals surface area contributed by atoms with Gasteiger partial charge in [-0.1, -0.05) is 0 Å². The van der Waals surface area contributed by atoms with Crippen LogP contribution < -0.4 is 55.4 Å². The largest absolute Gasteiger partial charge is 1.00 e. The van der Waals surface area contributed by atoms with E-state index in [1.807, 2.05) is 0 Å². The van der Waals surface area contributed by atoms with Crippen LogP contribution in [0.5, 0.6) is 0 Å². The van der Waals surface area contributed by atoms with Crippen molar-refractivity contribution >= 4 is 27.3 Å². The van der Waals surface area contributed by atoms with Crippen LogP contribution in [0.15, 0.2) is 0 Å². The number of rotatable bonds is 0. The van der Waals surface area contributed by atoms with Gasteiger partial charge in [0.05, 0.1) is 0 Å². The van der Waals surface area contributed by atoms with Gasteiger partial charge >= 0.3 is 0 Å². The molecule has 0 fully saturated rings. The first kappa shape index (κ1) is 63.2. The van der Waals surface area contributed by atoms with E-state index in [4.69, 9.17) is 0 Å². The van der Waals surface area contributed by atoms with Crippen molar-refractivity contribution < 1.29 is 49.6 Å². The summed E-state index contributed by atoms with van der Waals surface area (Å²) < 4.78 is 0. The number of hydrogen-bond donors (Lipinski definition) is 1. The molecule has 0 aromatic rings. The SMILES string of the molecule is CN.[Cl-].[Cl-].[Cl-].[Cl-].[Pb]. The molecule has 0 aliphatic carbocycles. The second-order valence-electron chi connectivity index (χ2n) is 0. The van der Waals surface area contributed by atoms with Crippen molar-refractivity contribution in [1.82, 2.24) is 0 Å². The fourth-order valence-electron chi connectivity index (χ4n) is 0. The van der Waals surface area contributed by atoms with E-state index in [2.05, 4.69) is 5.73 Å². The molecule has 0 spiro atoms. The summed E-state index contributed by atoms with van der Waals surface area (Å²) in [5.41, 5.74) is 4.50. The van der Waals surface area contributed by atoms with E-state index < -0.39 is 0 Å². The van der Waals surface area contributed by atoms with Crippen LogP contribution in [0.2, 0.25) is 0 Å². The van der Waals surface area contributed by atoms with Gasteiger partial charge in [0, 0.05) is 27.3 Å². The summed E-state index contributed by atoms with van der Waals surface area (Å²) in [5.74, 6) is 0. The van der Waals surface area contributed by atoms with Gasteiger partial charge in [-0.15, -0.1) is 0 Å². The maximum atomic E-state index is 4.50. The Morgan fingerprint density at radius 3 is 0.714 bits per heavy atom. The molecule has 7 heavy (non-hydrogen) atoms.